The van der Waals surface area contributed by atoms with Gasteiger partial charge in [0.2, 0.25) is 0 Å². The van der Waals surface area contributed by atoms with Crippen molar-refractivity contribution in [3.8, 4) is 11.1 Å². The second-order valence-electron chi connectivity index (χ2n) is 7.37. The van der Waals surface area contributed by atoms with Crippen LogP contribution >= 0.6 is 0 Å². The van der Waals surface area contributed by atoms with Gasteiger partial charge in [0.25, 0.3) is 0 Å². The molecule has 0 aliphatic heterocycles. The van der Waals surface area contributed by atoms with Crippen molar-refractivity contribution in [1.82, 2.24) is 5.32 Å². The van der Waals surface area contributed by atoms with Crippen LogP contribution in [0.1, 0.15) is 5.56 Å². The molecule has 4 rings (SSSR count). The Labute approximate surface area is 199 Å². The highest BCUT2D eigenvalue weighted by atomic mass is 32.2. The first kappa shape index (κ1) is 23.3. The highest BCUT2D eigenvalue weighted by Crippen LogP contribution is 2.28. The summed E-state index contributed by atoms with van der Waals surface area (Å²) < 4.78 is 42.2. The number of carbonyl (C=O) groups excluding carboxylic acids is 1. The zero-order valence-electron chi connectivity index (χ0n) is 17.9. The van der Waals surface area contributed by atoms with Gasteiger partial charge in [0, 0.05) is 17.8 Å². The van der Waals surface area contributed by atoms with Crippen LogP contribution in [0.25, 0.3) is 11.1 Å². The van der Waals surface area contributed by atoms with Crippen LogP contribution in [0.4, 0.5) is 25.0 Å². The van der Waals surface area contributed by atoms with E-state index in [2.05, 4.69) is 15.4 Å². The van der Waals surface area contributed by atoms with E-state index in [0.29, 0.717) is 21.8 Å². The molecule has 0 radical (unpaired) electrons. The molecule has 4 aromatic rings. The number of nitrogens with one attached hydrogen (secondary N) is 3. The first-order valence-corrected chi connectivity index (χ1v) is 11.6. The van der Waals surface area contributed by atoms with Gasteiger partial charge in [-0.2, -0.15) is 0 Å². The number of rotatable bonds is 7. The second kappa shape index (κ2) is 10.8. The fourth-order valence-corrected chi connectivity index (χ4v) is 4.32. The van der Waals surface area contributed by atoms with Gasteiger partial charge in [0.1, 0.15) is 11.4 Å². The molecule has 34 heavy (non-hydrogen) atoms. The summed E-state index contributed by atoms with van der Waals surface area (Å²) in [5.41, 5.74) is 3.43. The van der Waals surface area contributed by atoms with Crippen molar-refractivity contribution in [2.75, 3.05) is 10.0 Å². The van der Waals surface area contributed by atoms with E-state index in [1.54, 1.807) is 24.3 Å². The minimum absolute atomic E-state index is 0.0441. The summed E-state index contributed by atoms with van der Waals surface area (Å²) in [7, 11) is 0. The predicted molar refractivity (Wildman–Crippen MR) is 131 cm³/mol. The molecule has 0 aliphatic rings. The monoisotopic (exact) mass is 477 g/mol. The third-order valence-electron chi connectivity index (χ3n) is 4.96. The summed E-state index contributed by atoms with van der Waals surface area (Å²) in [6, 6.07) is 26.9. The van der Waals surface area contributed by atoms with E-state index in [4.69, 9.17) is 0 Å². The van der Waals surface area contributed by atoms with Gasteiger partial charge in [-0.1, -0.05) is 48.5 Å². The lowest BCUT2D eigenvalue weighted by molar-refractivity contribution is 0.251. The Morgan fingerprint density at radius 2 is 1.47 bits per heavy atom. The fourth-order valence-electron chi connectivity index (χ4n) is 3.28. The van der Waals surface area contributed by atoms with Crippen LogP contribution in [0.5, 0.6) is 0 Å². The molecule has 0 heterocycles. The van der Waals surface area contributed by atoms with Crippen LogP contribution in [0.2, 0.25) is 0 Å². The molecule has 0 spiro atoms. The maximum Gasteiger partial charge on any atom is 0.319 e. The number of anilines is 2. The lowest BCUT2D eigenvalue weighted by atomic mass is 10.1. The minimum Gasteiger partial charge on any atom is -0.588 e. The molecular weight excluding hydrogens is 456 g/mol. The van der Waals surface area contributed by atoms with Crippen LogP contribution in [0.3, 0.4) is 0 Å². The zero-order chi connectivity index (χ0) is 23.9. The maximum absolute atomic E-state index is 13.3. The van der Waals surface area contributed by atoms with Crippen molar-refractivity contribution in [1.29, 1.82) is 0 Å². The van der Waals surface area contributed by atoms with Crippen molar-refractivity contribution in [3.05, 3.63) is 114 Å². The van der Waals surface area contributed by atoms with Crippen LogP contribution in [-0.2, 0) is 17.9 Å². The van der Waals surface area contributed by atoms with E-state index in [1.807, 2.05) is 54.6 Å². The predicted octanol–water partition coefficient (Wildman–Crippen LogP) is 6.09. The molecule has 8 heteroatoms. The highest BCUT2D eigenvalue weighted by molar-refractivity contribution is 7.92. The summed E-state index contributed by atoms with van der Waals surface area (Å²) >= 11 is -1.50. The van der Waals surface area contributed by atoms with Gasteiger partial charge in [-0.3, -0.25) is 0 Å². The average Bonchev–Trinajstić information content (AvgIpc) is 2.86. The third-order valence-corrected chi connectivity index (χ3v) is 6.14. The van der Waals surface area contributed by atoms with Crippen molar-refractivity contribution in [2.24, 2.45) is 0 Å². The van der Waals surface area contributed by atoms with E-state index in [1.165, 1.54) is 6.07 Å². The first-order valence-electron chi connectivity index (χ1n) is 10.4. The first-order chi connectivity index (χ1) is 16.5. The zero-order valence-corrected chi connectivity index (χ0v) is 18.7. The smallest absolute Gasteiger partial charge is 0.319 e. The molecular formula is C26H21F2N3O2S. The van der Waals surface area contributed by atoms with E-state index < -0.39 is 29.0 Å². The van der Waals surface area contributed by atoms with Crippen molar-refractivity contribution < 1.29 is 18.1 Å². The highest BCUT2D eigenvalue weighted by Gasteiger charge is 2.18. The molecule has 2 amide bonds. The van der Waals surface area contributed by atoms with Crippen molar-refractivity contribution in [2.45, 2.75) is 11.4 Å². The molecule has 0 saturated carbocycles. The molecule has 4 aromatic carbocycles. The summed E-state index contributed by atoms with van der Waals surface area (Å²) in [6.07, 6.45) is 0. The Hall–Kier alpha value is -3.88. The van der Waals surface area contributed by atoms with Gasteiger partial charge >= 0.3 is 6.03 Å². The summed E-state index contributed by atoms with van der Waals surface area (Å²) in [5.74, 6) is -1.90. The molecule has 0 saturated heterocycles. The number of hydrogen-bond donors (Lipinski definition) is 3. The van der Waals surface area contributed by atoms with Crippen LogP contribution in [0.15, 0.2) is 102 Å². The van der Waals surface area contributed by atoms with E-state index in [-0.39, 0.29) is 6.54 Å². The summed E-state index contributed by atoms with van der Waals surface area (Å²) in [4.78, 5) is 12.8. The quantitative estimate of drug-likeness (QED) is 0.282. The second-order valence-corrected chi connectivity index (χ2v) is 8.55. The third kappa shape index (κ3) is 5.92. The van der Waals surface area contributed by atoms with Gasteiger partial charge in [-0.25, -0.2) is 18.3 Å². The molecule has 0 aliphatic carbocycles. The van der Waals surface area contributed by atoms with Gasteiger partial charge in [-0.15, -0.1) is 0 Å². The molecule has 0 aromatic heterocycles. The molecule has 0 bridgehead atoms. The van der Waals surface area contributed by atoms with Gasteiger partial charge < -0.3 is 15.2 Å². The van der Waals surface area contributed by atoms with Gasteiger partial charge in [-0.05, 0) is 59.7 Å². The normalized spacial score (nSPS) is 11.5. The number of urea groups is 1. The average molecular weight is 478 g/mol. The molecule has 3 N–H and O–H groups in total. The molecule has 1 atom stereocenters. The SMILES string of the molecule is O=C(NCc1ccc(F)c(F)c1)Nc1ccc(N[S+]([O-])c2ccccc2-c2ccccc2)cc1. The Balaban J connectivity index is 1.35. The summed E-state index contributed by atoms with van der Waals surface area (Å²) in [6.45, 7) is 0.0441. The standard InChI is InChI=1S/C26H21F2N3O2S/c27-23-15-10-18(16-24(23)28)17-29-26(32)30-20-11-13-21(14-12-20)31-34(33)25-9-5-4-8-22(25)19-6-2-1-3-7-19/h1-16,31H,17H2,(H2,29,30,32). The number of amides is 2. The van der Waals surface area contributed by atoms with Crippen molar-refractivity contribution in [3.63, 3.8) is 0 Å². The van der Waals surface area contributed by atoms with Crippen LogP contribution in [-0.4, -0.2) is 10.6 Å². The van der Waals surface area contributed by atoms with E-state index >= 15 is 0 Å². The molecule has 1 unspecified atom stereocenters. The number of hydrogen-bond acceptors (Lipinski definition) is 3. The van der Waals surface area contributed by atoms with Crippen LogP contribution < -0.4 is 15.4 Å². The minimum atomic E-state index is -1.50. The Morgan fingerprint density at radius 1 is 0.794 bits per heavy atom. The summed E-state index contributed by atoms with van der Waals surface area (Å²) in [5, 5.41) is 5.24. The maximum atomic E-state index is 13.3. The number of carbonyl (C=O) groups is 1. The molecule has 5 nitrogen and oxygen atoms in total. The Morgan fingerprint density at radius 3 is 2.21 bits per heavy atom. The van der Waals surface area contributed by atoms with Gasteiger partial charge in [0.15, 0.2) is 16.5 Å². The Bertz CT molecular complexity index is 1270. The molecule has 172 valence electrons. The lowest BCUT2D eigenvalue weighted by Gasteiger charge is -2.15. The van der Waals surface area contributed by atoms with Gasteiger partial charge in [0.05, 0.1) is 5.69 Å². The fraction of sp³-hybridized carbons (Fsp3) is 0.0385. The van der Waals surface area contributed by atoms with E-state index in [9.17, 15) is 18.1 Å². The topological polar surface area (TPSA) is 76.2 Å². The van der Waals surface area contributed by atoms with Crippen molar-refractivity contribution >= 4 is 28.8 Å². The molecule has 0 fully saturated rings. The van der Waals surface area contributed by atoms with E-state index in [0.717, 1.165) is 23.3 Å². The van der Waals surface area contributed by atoms with Crippen LogP contribution in [0, 0.1) is 11.6 Å². The lowest BCUT2D eigenvalue weighted by Crippen LogP contribution is -2.28. The Kier molecular flexibility index (Phi) is 7.41. The number of halogens is 2. The number of benzene rings is 4. The largest absolute Gasteiger partial charge is 0.588 e.